The average molecular weight is 318 g/mol. The van der Waals surface area contributed by atoms with Gasteiger partial charge in [0, 0.05) is 25.3 Å². The summed E-state index contributed by atoms with van der Waals surface area (Å²) in [6.07, 6.45) is -0.326. The molecule has 1 heterocycles. The van der Waals surface area contributed by atoms with Crippen LogP contribution < -0.4 is 5.32 Å². The zero-order valence-electron chi connectivity index (χ0n) is 13.0. The van der Waals surface area contributed by atoms with E-state index in [-0.39, 0.29) is 25.0 Å². The van der Waals surface area contributed by atoms with Crippen LogP contribution in [0.3, 0.4) is 0 Å². The lowest BCUT2D eigenvalue weighted by atomic mass is 10.2. The third-order valence-corrected chi connectivity index (χ3v) is 4.09. The molecule has 2 amide bonds. The number of amides is 2. The monoisotopic (exact) mass is 318 g/mol. The van der Waals surface area contributed by atoms with Crippen molar-refractivity contribution < 1.29 is 19.4 Å². The first-order chi connectivity index (χ1) is 9.95. The largest absolute Gasteiger partial charge is 0.389 e. The molecule has 2 N–H and O–H groups in total. The van der Waals surface area contributed by atoms with Crippen LogP contribution in [0.5, 0.6) is 0 Å². The van der Waals surface area contributed by atoms with Crippen molar-refractivity contribution >= 4 is 23.6 Å². The number of ether oxygens (including phenoxy) is 1. The van der Waals surface area contributed by atoms with Gasteiger partial charge < -0.3 is 20.1 Å². The zero-order valence-corrected chi connectivity index (χ0v) is 13.8. The summed E-state index contributed by atoms with van der Waals surface area (Å²) in [7, 11) is 0. The lowest BCUT2D eigenvalue weighted by Crippen LogP contribution is -2.49. The van der Waals surface area contributed by atoms with Gasteiger partial charge in [-0.15, -0.1) is 11.8 Å². The number of hydrogen-bond acceptors (Lipinski definition) is 5. The molecular formula is C14H26N2O4S. The second-order valence-electron chi connectivity index (χ2n) is 5.56. The Morgan fingerprint density at radius 2 is 2.14 bits per heavy atom. The summed E-state index contributed by atoms with van der Waals surface area (Å²) in [6.45, 7) is 6.79. The standard InChI is InChI=1S/C14H26N2O4S/c1-4-13(18)16-9-21-8-12(16)14(19)15-5-11(17)7-20-6-10(2)3/h10-12,17H,4-9H2,1-3H3,(H,15,19). The molecule has 2 unspecified atom stereocenters. The molecule has 7 heteroatoms. The third-order valence-electron chi connectivity index (χ3n) is 3.08. The van der Waals surface area contributed by atoms with Crippen molar-refractivity contribution in [2.45, 2.75) is 39.3 Å². The van der Waals surface area contributed by atoms with Crippen molar-refractivity contribution in [3.63, 3.8) is 0 Å². The number of carbonyl (C=O) groups is 2. The molecule has 1 aliphatic rings. The number of aliphatic hydroxyl groups excluding tert-OH is 1. The van der Waals surface area contributed by atoms with Gasteiger partial charge in [-0.1, -0.05) is 20.8 Å². The highest BCUT2D eigenvalue weighted by atomic mass is 32.2. The lowest BCUT2D eigenvalue weighted by molar-refractivity contribution is -0.138. The van der Waals surface area contributed by atoms with Crippen molar-refractivity contribution in [3.05, 3.63) is 0 Å². The maximum absolute atomic E-state index is 12.1. The van der Waals surface area contributed by atoms with E-state index in [2.05, 4.69) is 5.32 Å². The number of hydrogen-bond donors (Lipinski definition) is 2. The van der Waals surface area contributed by atoms with E-state index in [9.17, 15) is 14.7 Å². The predicted octanol–water partition coefficient (Wildman–Crippen LogP) is 0.448. The zero-order chi connectivity index (χ0) is 15.8. The summed E-state index contributed by atoms with van der Waals surface area (Å²) >= 11 is 1.57. The normalized spacial score (nSPS) is 19.9. The van der Waals surface area contributed by atoms with Crippen LogP contribution in [0.2, 0.25) is 0 Å². The van der Waals surface area contributed by atoms with Crippen LogP contribution in [0, 0.1) is 5.92 Å². The Morgan fingerprint density at radius 1 is 1.43 bits per heavy atom. The van der Waals surface area contributed by atoms with E-state index in [4.69, 9.17) is 4.74 Å². The molecule has 0 aliphatic carbocycles. The molecule has 0 aromatic heterocycles. The van der Waals surface area contributed by atoms with Crippen molar-refractivity contribution in [2.75, 3.05) is 31.4 Å². The molecule has 2 atom stereocenters. The van der Waals surface area contributed by atoms with Gasteiger partial charge in [-0.3, -0.25) is 9.59 Å². The van der Waals surface area contributed by atoms with Gasteiger partial charge in [-0.05, 0) is 5.92 Å². The fraction of sp³-hybridized carbons (Fsp3) is 0.857. The maximum Gasteiger partial charge on any atom is 0.243 e. The number of nitrogens with one attached hydrogen (secondary N) is 1. The number of aliphatic hydroxyl groups is 1. The van der Waals surface area contributed by atoms with Crippen LogP contribution in [-0.4, -0.2) is 65.4 Å². The second-order valence-corrected chi connectivity index (χ2v) is 6.56. The van der Waals surface area contributed by atoms with E-state index in [0.717, 1.165) is 0 Å². The number of thioether (sulfide) groups is 1. The molecule has 0 aromatic rings. The van der Waals surface area contributed by atoms with Gasteiger partial charge in [0.15, 0.2) is 0 Å². The van der Waals surface area contributed by atoms with Crippen molar-refractivity contribution in [3.8, 4) is 0 Å². The molecule has 122 valence electrons. The first-order valence-electron chi connectivity index (χ1n) is 7.36. The molecule has 1 aliphatic heterocycles. The highest BCUT2D eigenvalue weighted by Crippen LogP contribution is 2.21. The van der Waals surface area contributed by atoms with Gasteiger partial charge in [-0.2, -0.15) is 0 Å². The topological polar surface area (TPSA) is 78.9 Å². The van der Waals surface area contributed by atoms with E-state index < -0.39 is 12.1 Å². The summed E-state index contributed by atoms with van der Waals surface area (Å²) in [5, 5.41) is 12.4. The van der Waals surface area contributed by atoms with E-state index in [0.29, 0.717) is 30.6 Å². The minimum absolute atomic E-state index is 0.0130. The Hall–Kier alpha value is -0.790. The van der Waals surface area contributed by atoms with E-state index in [1.54, 1.807) is 23.6 Å². The smallest absolute Gasteiger partial charge is 0.243 e. The Morgan fingerprint density at radius 3 is 2.76 bits per heavy atom. The van der Waals surface area contributed by atoms with Crippen molar-refractivity contribution in [1.82, 2.24) is 10.2 Å². The average Bonchev–Trinajstić information content (AvgIpc) is 2.93. The minimum atomic E-state index is -0.725. The Balaban J connectivity index is 2.31. The van der Waals surface area contributed by atoms with E-state index in [1.165, 1.54) is 0 Å². The molecule has 0 radical (unpaired) electrons. The lowest BCUT2D eigenvalue weighted by Gasteiger charge is -2.23. The van der Waals surface area contributed by atoms with Gasteiger partial charge in [0.1, 0.15) is 6.04 Å². The summed E-state index contributed by atoms with van der Waals surface area (Å²) in [4.78, 5) is 25.4. The molecule has 21 heavy (non-hydrogen) atoms. The van der Waals surface area contributed by atoms with Gasteiger partial charge >= 0.3 is 0 Å². The fourth-order valence-corrected chi connectivity index (χ4v) is 3.12. The first-order valence-corrected chi connectivity index (χ1v) is 8.51. The number of rotatable bonds is 8. The van der Waals surface area contributed by atoms with Crippen LogP contribution in [0.25, 0.3) is 0 Å². The van der Waals surface area contributed by atoms with Crippen LogP contribution in [0.15, 0.2) is 0 Å². The molecule has 1 saturated heterocycles. The van der Waals surface area contributed by atoms with Crippen LogP contribution >= 0.6 is 11.8 Å². The van der Waals surface area contributed by atoms with E-state index in [1.807, 2.05) is 13.8 Å². The van der Waals surface area contributed by atoms with Crippen molar-refractivity contribution in [2.24, 2.45) is 5.92 Å². The second kappa shape index (κ2) is 9.27. The Kier molecular flexibility index (Phi) is 8.06. The molecule has 0 saturated carbocycles. The van der Waals surface area contributed by atoms with Gasteiger partial charge in [-0.25, -0.2) is 0 Å². The van der Waals surface area contributed by atoms with Gasteiger partial charge in [0.25, 0.3) is 0 Å². The highest BCUT2D eigenvalue weighted by molar-refractivity contribution is 7.99. The third kappa shape index (κ3) is 6.23. The molecule has 1 fully saturated rings. The SMILES string of the molecule is CCC(=O)N1CSCC1C(=O)NCC(O)COCC(C)C. The number of carbonyl (C=O) groups excluding carboxylic acids is 2. The van der Waals surface area contributed by atoms with Crippen LogP contribution in [-0.2, 0) is 14.3 Å². The fourth-order valence-electron chi connectivity index (χ4n) is 1.94. The van der Waals surface area contributed by atoms with Gasteiger partial charge in [0.05, 0.1) is 18.6 Å². The van der Waals surface area contributed by atoms with Gasteiger partial charge in [0.2, 0.25) is 11.8 Å². The van der Waals surface area contributed by atoms with Crippen LogP contribution in [0.1, 0.15) is 27.2 Å². The number of nitrogens with zero attached hydrogens (tertiary/aromatic N) is 1. The Labute approximate surface area is 130 Å². The molecule has 0 bridgehead atoms. The Bertz CT molecular complexity index is 352. The van der Waals surface area contributed by atoms with Crippen molar-refractivity contribution in [1.29, 1.82) is 0 Å². The predicted molar refractivity (Wildman–Crippen MR) is 82.9 cm³/mol. The summed E-state index contributed by atoms with van der Waals surface area (Å²) in [5.41, 5.74) is 0. The first kappa shape index (κ1) is 18.3. The van der Waals surface area contributed by atoms with Crippen LogP contribution in [0.4, 0.5) is 0 Å². The van der Waals surface area contributed by atoms with E-state index >= 15 is 0 Å². The molecule has 6 nitrogen and oxygen atoms in total. The summed E-state index contributed by atoms with van der Waals surface area (Å²) in [5.74, 6) is 1.36. The molecule has 1 rings (SSSR count). The quantitative estimate of drug-likeness (QED) is 0.679. The summed E-state index contributed by atoms with van der Waals surface area (Å²) < 4.78 is 5.32. The summed E-state index contributed by atoms with van der Waals surface area (Å²) in [6, 6.07) is -0.425. The molecule has 0 aromatic carbocycles. The minimum Gasteiger partial charge on any atom is -0.389 e. The molecular weight excluding hydrogens is 292 g/mol. The highest BCUT2D eigenvalue weighted by Gasteiger charge is 2.33. The maximum atomic E-state index is 12.1. The molecule has 0 spiro atoms.